The van der Waals surface area contributed by atoms with Crippen molar-refractivity contribution < 1.29 is 9.53 Å². The molecule has 1 aliphatic carbocycles. The van der Waals surface area contributed by atoms with Gasteiger partial charge in [-0.3, -0.25) is 4.79 Å². The van der Waals surface area contributed by atoms with Crippen LogP contribution in [0.5, 0.6) is 5.75 Å². The van der Waals surface area contributed by atoms with Crippen LogP contribution in [0.25, 0.3) is 10.9 Å². The molecule has 0 radical (unpaired) electrons. The predicted octanol–water partition coefficient (Wildman–Crippen LogP) is 5.22. The highest BCUT2D eigenvalue weighted by Gasteiger charge is 2.28. The molecular weight excluding hydrogens is 384 g/mol. The Morgan fingerprint density at radius 2 is 2.14 bits per heavy atom. The maximum absolute atomic E-state index is 13.2. The quantitative estimate of drug-likeness (QED) is 0.645. The number of aromatic amines is 1. The molecular formula is C24H25ClN2O2. The summed E-state index contributed by atoms with van der Waals surface area (Å²) >= 11 is 6.21. The number of carbonyl (C=O) groups excluding carboxylic acids is 1. The summed E-state index contributed by atoms with van der Waals surface area (Å²) in [6.07, 6.45) is 4.72. The van der Waals surface area contributed by atoms with Gasteiger partial charge in [0.15, 0.2) is 0 Å². The van der Waals surface area contributed by atoms with E-state index in [0.29, 0.717) is 18.9 Å². The number of aryl methyl sites for hydroxylation is 1. The van der Waals surface area contributed by atoms with Crippen LogP contribution in [-0.2, 0) is 24.2 Å². The molecule has 0 fully saturated rings. The lowest BCUT2D eigenvalue weighted by atomic mass is 9.80. The molecule has 0 spiro atoms. The molecule has 2 aliphatic rings. The Labute approximate surface area is 175 Å². The standard InChI is InChI=1S/C24H25ClN2O2/c1-29-18-6-7-19-15(11-18)3-2-4-16(19)12-24(28)27-10-9-23-21(14-27)20-13-17(25)5-8-22(20)26-23/h5-8,11,13,16,26H,2-4,9-10,12,14H2,1H3. The minimum Gasteiger partial charge on any atom is -0.497 e. The fourth-order valence-electron chi connectivity index (χ4n) is 4.97. The van der Waals surface area contributed by atoms with Gasteiger partial charge in [0.1, 0.15) is 5.75 Å². The first-order chi connectivity index (χ1) is 14.1. The smallest absolute Gasteiger partial charge is 0.223 e. The van der Waals surface area contributed by atoms with Crippen molar-refractivity contribution in [1.29, 1.82) is 0 Å². The van der Waals surface area contributed by atoms with Gasteiger partial charge in [-0.15, -0.1) is 0 Å². The fourth-order valence-corrected chi connectivity index (χ4v) is 5.14. The molecule has 0 saturated carbocycles. The minimum atomic E-state index is 0.251. The van der Waals surface area contributed by atoms with E-state index in [1.165, 1.54) is 22.4 Å². The maximum Gasteiger partial charge on any atom is 0.223 e. The number of nitrogens with one attached hydrogen (secondary N) is 1. The molecule has 1 atom stereocenters. The Morgan fingerprint density at radius 1 is 1.24 bits per heavy atom. The molecule has 4 nitrogen and oxygen atoms in total. The second kappa shape index (κ2) is 7.42. The van der Waals surface area contributed by atoms with Crippen molar-refractivity contribution in [2.75, 3.05) is 13.7 Å². The van der Waals surface area contributed by atoms with Crippen LogP contribution in [0, 0.1) is 0 Å². The molecule has 1 aromatic heterocycles. The van der Waals surface area contributed by atoms with Gasteiger partial charge in [0.25, 0.3) is 0 Å². The molecule has 1 aliphatic heterocycles. The third kappa shape index (κ3) is 3.40. The van der Waals surface area contributed by atoms with Crippen molar-refractivity contribution in [3.8, 4) is 5.75 Å². The molecule has 5 heteroatoms. The van der Waals surface area contributed by atoms with Gasteiger partial charge in [-0.1, -0.05) is 17.7 Å². The predicted molar refractivity (Wildman–Crippen MR) is 116 cm³/mol. The summed E-state index contributed by atoms with van der Waals surface area (Å²) < 4.78 is 5.37. The number of carbonyl (C=O) groups is 1. The van der Waals surface area contributed by atoms with E-state index in [4.69, 9.17) is 16.3 Å². The number of ether oxygens (including phenoxy) is 1. The minimum absolute atomic E-state index is 0.251. The first kappa shape index (κ1) is 18.6. The molecule has 3 aromatic rings. The number of fused-ring (bicyclic) bond motifs is 4. The third-order valence-corrected chi connectivity index (χ3v) is 6.73. The number of rotatable bonds is 3. The Balaban J connectivity index is 1.35. The number of amides is 1. The van der Waals surface area contributed by atoms with E-state index in [1.807, 2.05) is 29.2 Å². The molecule has 2 aromatic carbocycles. The summed E-state index contributed by atoms with van der Waals surface area (Å²) in [5.41, 5.74) is 6.21. The molecule has 1 amide bonds. The van der Waals surface area contributed by atoms with Crippen LogP contribution in [0.1, 0.15) is 47.6 Å². The fraction of sp³-hybridized carbons (Fsp3) is 0.375. The molecule has 1 unspecified atom stereocenters. The molecule has 150 valence electrons. The molecule has 2 heterocycles. The Morgan fingerprint density at radius 3 is 3.00 bits per heavy atom. The summed E-state index contributed by atoms with van der Waals surface area (Å²) in [6, 6.07) is 12.2. The van der Waals surface area contributed by atoms with Crippen molar-refractivity contribution >= 4 is 28.4 Å². The number of aromatic nitrogens is 1. The number of halogens is 1. The van der Waals surface area contributed by atoms with E-state index in [0.717, 1.165) is 53.9 Å². The Kier molecular flexibility index (Phi) is 4.75. The van der Waals surface area contributed by atoms with Crippen LogP contribution in [0.2, 0.25) is 5.02 Å². The van der Waals surface area contributed by atoms with E-state index >= 15 is 0 Å². The van der Waals surface area contributed by atoms with Gasteiger partial charge in [0.2, 0.25) is 5.91 Å². The topological polar surface area (TPSA) is 45.3 Å². The van der Waals surface area contributed by atoms with Crippen molar-refractivity contribution in [1.82, 2.24) is 9.88 Å². The van der Waals surface area contributed by atoms with Gasteiger partial charge in [-0.25, -0.2) is 0 Å². The average molecular weight is 409 g/mol. The number of H-pyrrole nitrogens is 1. The molecule has 0 saturated heterocycles. The summed E-state index contributed by atoms with van der Waals surface area (Å²) in [5.74, 6) is 1.45. The Hall–Kier alpha value is -2.46. The van der Waals surface area contributed by atoms with Crippen molar-refractivity contribution in [2.45, 2.75) is 44.6 Å². The lowest BCUT2D eigenvalue weighted by molar-refractivity contribution is -0.132. The maximum atomic E-state index is 13.2. The van der Waals surface area contributed by atoms with Crippen LogP contribution in [0.3, 0.4) is 0 Å². The molecule has 0 bridgehead atoms. The van der Waals surface area contributed by atoms with Crippen LogP contribution >= 0.6 is 11.6 Å². The number of methoxy groups -OCH3 is 1. The van der Waals surface area contributed by atoms with Gasteiger partial charge in [-0.2, -0.15) is 0 Å². The second-order valence-electron chi connectivity index (χ2n) is 8.20. The molecule has 1 N–H and O–H groups in total. The van der Waals surface area contributed by atoms with Gasteiger partial charge in [0.05, 0.1) is 7.11 Å². The third-order valence-electron chi connectivity index (χ3n) is 6.50. The Bertz CT molecular complexity index is 1090. The lowest BCUT2D eigenvalue weighted by Crippen LogP contribution is -2.36. The molecule has 29 heavy (non-hydrogen) atoms. The monoisotopic (exact) mass is 408 g/mol. The summed E-state index contributed by atoms with van der Waals surface area (Å²) in [4.78, 5) is 18.7. The summed E-state index contributed by atoms with van der Waals surface area (Å²) in [7, 11) is 1.70. The zero-order chi connectivity index (χ0) is 20.0. The largest absolute Gasteiger partial charge is 0.497 e. The zero-order valence-corrected chi connectivity index (χ0v) is 17.4. The number of nitrogens with zero attached hydrogens (tertiary/aromatic N) is 1. The van der Waals surface area contributed by atoms with Crippen LogP contribution < -0.4 is 4.74 Å². The lowest BCUT2D eigenvalue weighted by Gasteiger charge is -2.31. The van der Waals surface area contributed by atoms with Gasteiger partial charge in [0, 0.05) is 53.1 Å². The first-order valence-electron chi connectivity index (χ1n) is 10.4. The van der Waals surface area contributed by atoms with Gasteiger partial charge < -0.3 is 14.6 Å². The van der Waals surface area contributed by atoms with Gasteiger partial charge in [-0.05, 0) is 66.6 Å². The van der Waals surface area contributed by atoms with E-state index in [9.17, 15) is 4.79 Å². The van der Waals surface area contributed by atoms with Crippen LogP contribution in [-0.4, -0.2) is 29.4 Å². The highest BCUT2D eigenvalue weighted by atomic mass is 35.5. The van der Waals surface area contributed by atoms with E-state index < -0.39 is 0 Å². The summed E-state index contributed by atoms with van der Waals surface area (Å²) in [6.45, 7) is 1.44. The highest BCUT2D eigenvalue weighted by molar-refractivity contribution is 6.31. The highest BCUT2D eigenvalue weighted by Crippen LogP contribution is 2.37. The van der Waals surface area contributed by atoms with Gasteiger partial charge >= 0.3 is 0 Å². The normalized spacial score (nSPS) is 18.4. The zero-order valence-electron chi connectivity index (χ0n) is 16.6. The van der Waals surface area contributed by atoms with Crippen molar-refractivity contribution in [3.63, 3.8) is 0 Å². The number of hydrogen-bond acceptors (Lipinski definition) is 2. The molecule has 5 rings (SSSR count). The second-order valence-corrected chi connectivity index (χ2v) is 8.63. The van der Waals surface area contributed by atoms with Crippen LogP contribution in [0.4, 0.5) is 0 Å². The van der Waals surface area contributed by atoms with Crippen molar-refractivity contribution in [3.05, 3.63) is 63.8 Å². The SMILES string of the molecule is COc1ccc2c(c1)CCCC2CC(=O)N1CCc2[nH]c3ccc(Cl)cc3c2C1. The van der Waals surface area contributed by atoms with E-state index in [1.54, 1.807) is 7.11 Å². The van der Waals surface area contributed by atoms with Crippen LogP contribution in [0.15, 0.2) is 36.4 Å². The summed E-state index contributed by atoms with van der Waals surface area (Å²) in [5, 5.41) is 1.87. The average Bonchev–Trinajstić information content (AvgIpc) is 3.10. The van der Waals surface area contributed by atoms with Crippen molar-refractivity contribution in [2.24, 2.45) is 0 Å². The number of hydrogen-bond donors (Lipinski definition) is 1. The number of benzene rings is 2. The first-order valence-corrected chi connectivity index (χ1v) is 10.7. The van der Waals surface area contributed by atoms with E-state index in [-0.39, 0.29) is 5.91 Å². The van der Waals surface area contributed by atoms with E-state index in [2.05, 4.69) is 17.1 Å².